The van der Waals surface area contributed by atoms with Gasteiger partial charge in [0.15, 0.2) is 0 Å². The number of unbranched alkanes of at least 4 members (excludes halogenated alkanes) is 2. The predicted octanol–water partition coefficient (Wildman–Crippen LogP) is 5.16. The molecule has 0 N–H and O–H groups in total. The number of ether oxygens (including phenoxy) is 1. The molecule has 1 aromatic rings. The summed E-state index contributed by atoms with van der Waals surface area (Å²) in [5.74, 6) is -0.254. The van der Waals surface area contributed by atoms with Crippen molar-refractivity contribution in [3.05, 3.63) is 54.1 Å². The topological polar surface area (TPSA) is 26.3 Å². The van der Waals surface area contributed by atoms with Gasteiger partial charge in [0, 0.05) is 6.08 Å². The minimum Gasteiger partial charge on any atom is -0.459 e. The van der Waals surface area contributed by atoms with E-state index in [2.05, 4.69) is 13.8 Å². The Morgan fingerprint density at radius 2 is 1.90 bits per heavy atom. The highest BCUT2D eigenvalue weighted by Gasteiger charge is 2.09. The van der Waals surface area contributed by atoms with Gasteiger partial charge in [-0.25, -0.2) is 4.79 Å². The number of carbonyl (C=O) groups excluding carboxylic acids is 1. The third-order valence-electron chi connectivity index (χ3n) is 3.30. The van der Waals surface area contributed by atoms with Gasteiger partial charge in [-0.3, -0.25) is 0 Å². The summed E-state index contributed by atoms with van der Waals surface area (Å²) in [6.45, 7) is 4.23. The molecule has 0 saturated heterocycles. The van der Waals surface area contributed by atoms with Crippen molar-refractivity contribution >= 4 is 12.0 Å². The van der Waals surface area contributed by atoms with Crippen molar-refractivity contribution in [2.75, 3.05) is 0 Å². The van der Waals surface area contributed by atoms with E-state index in [1.165, 1.54) is 18.9 Å². The fourth-order valence-corrected chi connectivity index (χ4v) is 2.04. The highest BCUT2D eigenvalue weighted by molar-refractivity contribution is 5.82. The molecule has 0 heterocycles. The summed E-state index contributed by atoms with van der Waals surface area (Å²) in [5.41, 5.74) is 1.11. The Labute approximate surface area is 128 Å². The molecule has 21 heavy (non-hydrogen) atoms. The molecule has 0 saturated carbocycles. The molecule has 1 atom stereocenters. The Morgan fingerprint density at radius 3 is 2.57 bits per heavy atom. The molecule has 2 nitrogen and oxygen atoms in total. The SMILES string of the molecule is CCCCCC(CC)OC(=O)C=CC=Cc1ccccc1. The highest BCUT2D eigenvalue weighted by atomic mass is 16.5. The molecule has 0 aliphatic rings. The molecule has 1 aromatic carbocycles. The summed E-state index contributed by atoms with van der Waals surface area (Å²) < 4.78 is 5.44. The molecule has 0 bridgehead atoms. The van der Waals surface area contributed by atoms with Crippen LogP contribution in [0.1, 0.15) is 51.5 Å². The molecular formula is C19H26O2. The van der Waals surface area contributed by atoms with E-state index >= 15 is 0 Å². The van der Waals surface area contributed by atoms with Crippen molar-refractivity contribution < 1.29 is 9.53 Å². The van der Waals surface area contributed by atoms with Gasteiger partial charge in [-0.1, -0.05) is 75.2 Å². The van der Waals surface area contributed by atoms with Crippen LogP contribution >= 0.6 is 0 Å². The van der Waals surface area contributed by atoms with Crippen molar-refractivity contribution in [2.45, 2.75) is 52.1 Å². The summed E-state index contributed by atoms with van der Waals surface area (Å²) in [4.78, 5) is 11.7. The van der Waals surface area contributed by atoms with Gasteiger partial charge >= 0.3 is 5.97 Å². The lowest BCUT2D eigenvalue weighted by Crippen LogP contribution is -2.15. The van der Waals surface area contributed by atoms with E-state index in [1.54, 1.807) is 6.08 Å². The lowest BCUT2D eigenvalue weighted by atomic mass is 10.1. The van der Waals surface area contributed by atoms with Crippen LogP contribution in [0, 0.1) is 0 Å². The van der Waals surface area contributed by atoms with Crippen LogP contribution in [0.25, 0.3) is 6.08 Å². The van der Waals surface area contributed by atoms with E-state index in [0.717, 1.165) is 24.8 Å². The third-order valence-corrected chi connectivity index (χ3v) is 3.30. The van der Waals surface area contributed by atoms with Gasteiger partial charge in [-0.2, -0.15) is 0 Å². The average Bonchev–Trinajstić information content (AvgIpc) is 2.52. The van der Waals surface area contributed by atoms with Crippen LogP contribution < -0.4 is 0 Å². The molecule has 0 amide bonds. The van der Waals surface area contributed by atoms with Gasteiger partial charge in [0.2, 0.25) is 0 Å². The number of esters is 1. The zero-order chi connectivity index (χ0) is 15.3. The summed E-state index contributed by atoms with van der Waals surface area (Å²) in [6.07, 6.45) is 12.4. The van der Waals surface area contributed by atoms with Crippen LogP contribution in [0.3, 0.4) is 0 Å². The number of hydrogen-bond acceptors (Lipinski definition) is 2. The quantitative estimate of drug-likeness (QED) is 0.271. The number of hydrogen-bond donors (Lipinski definition) is 0. The van der Waals surface area contributed by atoms with Crippen molar-refractivity contribution in [3.63, 3.8) is 0 Å². The molecule has 0 aliphatic carbocycles. The molecule has 0 aliphatic heterocycles. The molecule has 0 aromatic heterocycles. The standard InChI is InChI=1S/C19H26O2/c1-3-5-7-15-18(4-2)21-19(20)16-11-10-14-17-12-8-6-9-13-17/h6,8-14,16,18H,3-5,7,15H2,1-2H3. The van der Waals surface area contributed by atoms with E-state index in [4.69, 9.17) is 4.74 Å². The van der Waals surface area contributed by atoms with E-state index in [0.29, 0.717) is 0 Å². The zero-order valence-corrected chi connectivity index (χ0v) is 13.1. The molecule has 2 heteroatoms. The lowest BCUT2D eigenvalue weighted by molar-refractivity contribution is -0.143. The third kappa shape index (κ3) is 8.13. The summed E-state index contributed by atoms with van der Waals surface area (Å²) in [6, 6.07) is 9.99. The molecular weight excluding hydrogens is 260 g/mol. The Kier molecular flexibility index (Phi) is 8.94. The first-order valence-corrected chi connectivity index (χ1v) is 7.86. The molecule has 0 fully saturated rings. The Morgan fingerprint density at radius 1 is 1.14 bits per heavy atom. The number of carbonyl (C=O) groups is 1. The number of rotatable bonds is 9. The fraction of sp³-hybridized carbons (Fsp3) is 0.421. The highest BCUT2D eigenvalue weighted by Crippen LogP contribution is 2.10. The van der Waals surface area contributed by atoms with E-state index in [1.807, 2.05) is 42.5 Å². The predicted molar refractivity (Wildman–Crippen MR) is 88.9 cm³/mol. The zero-order valence-electron chi connectivity index (χ0n) is 13.1. The second-order valence-corrected chi connectivity index (χ2v) is 5.09. The van der Waals surface area contributed by atoms with Crippen LogP contribution in [0.15, 0.2) is 48.6 Å². The maximum atomic E-state index is 11.7. The first-order chi connectivity index (χ1) is 10.3. The second kappa shape index (κ2) is 10.9. The summed E-state index contributed by atoms with van der Waals surface area (Å²) in [5, 5.41) is 0. The van der Waals surface area contributed by atoms with Crippen molar-refractivity contribution in [2.24, 2.45) is 0 Å². The maximum Gasteiger partial charge on any atom is 0.331 e. The van der Waals surface area contributed by atoms with E-state index in [-0.39, 0.29) is 12.1 Å². The Hall–Kier alpha value is -1.83. The van der Waals surface area contributed by atoms with E-state index in [9.17, 15) is 4.79 Å². The van der Waals surface area contributed by atoms with Gasteiger partial charge in [-0.15, -0.1) is 0 Å². The normalized spacial score (nSPS) is 12.9. The van der Waals surface area contributed by atoms with Crippen molar-refractivity contribution in [1.29, 1.82) is 0 Å². The van der Waals surface area contributed by atoms with Gasteiger partial charge < -0.3 is 4.74 Å². The first-order valence-electron chi connectivity index (χ1n) is 7.86. The minimum absolute atomic E-state index is 0.0480. The van der Waals surface area contributed by atoms with Crippen LogP contribution in [-0.4, -0.2) is 12.1 Å². The van der Waals surface area contributed by atoms with Gasteiger partial charge in [-0.05, 0) is 24.8 Å². The molecule has 1 unspecified atom stereocenters. The van der Waals surface area contributed by atoms with Crippen LogP contribution in [0.4, 0.5) is 0 Å². The lowest BCUT2D eigenvalue weighted by Gasteiger charge is -2.14. The molecule has 1 rings (SSSR count). The number of benzene rings is 1. The first kappa shape index (κ1) is 17.2. The maximum absolute atomic E-state index is 11.7. The smallest absolute Gasteiger partial charge is 0.331 e. The van der Waals surface area contributed by atoms with Gasteiger partial charge in [0.25, 0.3) is 0 Å². The minimum atomic E-state index is -0.254. The van der Waals surface area contributed by atoms with Crippen LogP contribution in [0.2, 0.25) is 0 Å². The summed E-state index contributed by atoms with van der Waals surface area (Å²) >= 11 is 0. The van der Waals surface area contributed by atoms with Gasteiger partial charge in [0.05, 0.1) is 0 Å². The summed E-state index contributed by atoms with van der Waals surface area (Å²) in [7, 11) is 0. The largest absolute Gasteiger partial charge is 0.459 e. The molecule has 0 radical (unpaired) electrons. The average molecular weight is 286 g/mol. The van der Waals surface area contributed by atoms with Crippen LogP contribution in [-0.2, 0) is 9.53 Å². The van der Waals surface area contributed by atoms with E-state index < -0.39 is 0 Å². The fourth-order valence-electron chi connectivity index (χ4n) is 2.04. The Bertz CT molecular complexity index is 446. The Balaban J connectivity index is 2.34. The van der Waals surface area contributed by atoms with Gasteiger partial charge in [0.1, 0.15) is 6.10 Å². The number of allylic oxidation sites excluding steroid dienone is 2. The monoisotopic (exact) mass is 286 g/mol. The van der Waals surface area contributed by atoms with Crippen LogP contribution in [0.5, 0.6) is 0 Å². The van der Waals surface area contributed by atoms with Crippen molar-refractivity contribution in [3.8, 4) is 0 Å². The molecule has 114 valence electrons. The molecule has 0 spiro atoms. The second-order valence-electron chi connectivity index (χ2n) is 5.09. The van der Waals surface area contributed by atoms with Crippen molar-refractivity contribution in [1.82, 2.24) is 0 Å².